The highest BCUT2D eigenvalue weighted by atomic mass is 16.5. The van der Waals surface area contributed by atoms with E-state index in [9.17, 15) is 4.79 Å². The molecule has 0 spiro atoms. The van der Waals surface area contributed by atoms with Gasteiger partial charge in [-0.05, 0) is 36.8 Å². The monoisotopic (exact) mass is 444 g/mol. The molecular weight excluding hydrogens is 416 g/mol. The van der Waals surface area contributed by atoms with Crippen LogP contribution in [0.15, 0.2) is 54.6 Å². The Bertz CT molecular complexity index is 852. The Morgan fingerprint density at radius 2 is 1.38 bits per heavy atom. The van der Waals surface area contributed by atoms with Crippen molar-refractivity contribution in [3.8, 4) is 11.5 Å². The summed E-state index contributed by atoms with van der Waals surface area (Å²) >= 11 is 0. The minimum Gasteiger partial charge on any atom is -0.494 e. The molecule has 1 aliphatic rings. The molecule has 172 valence electrons. The third-order valence-corrected chi connectivity index (χ3v) is 4.65. The van der Waals surface area contributed by atoms with Crippen LogP contribution < -0.4 is 9.47 Å². The SMILES string of the molecule is CCOc1ccc(CN2CCN(C(=O)COc3ccccc3)CC2)cc1.O=C(O)C(=O)O. The molecule has 0 aliphatic carbocycles. The highest BCUT2D eigenvalue weighted by Gasteiger charge is 2.21. The van der Waals surface area contributed by atoms with Crippen LogP contribution >= 0.6 is 0 Å². The number of carboxylic acids is 2. The number of benzene rings is 2. The minimum absolute atomic E-state index is 0.0505. The van der Waals surface area contributed by atoms with Gasteiger partial charge in [-0.3, -0.25) is 9.69 Å². The Labute approximate surface area is 186 Å². The van der Waals surface area contributed by atoms with Crippen molar-refractivity contribution >= 4 is 17.8 Å². The van der Waals surface area contributed by atoms with Gasteiger partial charge in [0, 0.05) is 32.7 Å². The fourth-order valence-corrected chi connectivity index (χ4v) is 3.02. The molecule has 32 heavy (non-hydrogen) atoms. The van der Waals surface area contributed by atoms with Gasteiger partial charge in [0.1, 0.15) is 11.5 Å². The van der Waals surface area contributed by atoms with Crippen molar-refractivity contribution in [2.75, 3.05) is 39.4 Å². The maximum Gasteiger partial charge on any atom is 0.414 e. The van der Waals surface area contributed by atoms with Crippen molar-refractivity contribution in [1.29, 1.82) is 0 Å². The molecule has 0 bridgehead atoms. The number of hydrogen-bond acceptors (Lipinski definition) is 6. The van der Waals surface area contributed by atoms with Crippen molar-refractivity contribution in [3.05, 3.63) is 60.2 Å². The highest BCUT2D eigenvalue weighted by molar-refractivity contribution is 6.27. The van der Waals surface area contributed by atoms with Gasteiger partial charge in [0.25, 0.3) is 5.91 Å². The Balaban J connectivity index is 0.000000534. The fourth-order valence-electron chi connectivity index (χ4n) is 3.02. The molecule has 1 amide bonds. The van der Waals surface area contributed by atoms with E-state index in [1.54, 1.807) is 0 Å². The number of carbonyl (C=O) groups excluding carboxylic acids is 1. The van der Waals surface area contributed by atoms with Crippen LogP contribution in [0.1, 0.15) is 12.5 Å². The summed E-state index contributed by atoms with van der Waals surface area (Å²) in [5, 5.41) is 14.8. The number of aliphatic carboxylic acids is 2. The van der Waals surface area contributed by atoms with E-state index in [1.807, 2.05) is 54.3 Å². The standard InChI is InChI=1S/C21H26N2O3.C2H2O4/c1-2-25-20-10-8-18(9-11-20)16-22-12-14-23(15-13-22)21(24)17-26-19-6-4-3-5-7-19;3-1(4)2(5)6/h3-11H,2,12-17H2,1H3;(H,3,4)(H,5,6). The van der Waals surface area contributed by atoms with Crippen LogP contribution in [0.4, 0.5) is 0 Å². The van der Waals surface area contributed by atoms with Gasteiger partial charge in [-0.15, -0.1) is 0 Å². The number of hydrogen-bond donors (Lipinski definition) is 2. The van der Waals surface area contributed by atoms with E-state index in [0.29, 0.717) is 6.61 Å². The molecule has 1 aliphatic heterocycles. The van der Waals surface area contributed by atoms with E-state index in [2.05, 4.69) is 17.0 Å². The van der Waals surface area contributed by atoms with Crippen LogP contribution in [0, 0.1) is 0 Å². The Morgan fingerprint density at radius 3 is 1.91 bits per heavy atom. The van der Waals surface area contributed by atoms with Gasteiger partial charge in [-0.25, -0.2) is 9.59 Å². The van der Waals surface area contributed by atoms with Gasteiger partial charge in [0.05, 0.1) is 6.61 Å². The molecule has 9 heteroatoms. The molecule has 3 rings (SSSR count). The predicted molar refractivity (Wildman–Crippen MR) is 117 cm³/mol. The molecule has 2 aromatic carbocycles. The van der Waals surface area contributed by atoms with E-state index >= 15 is 0 Å². The number of nitrogens with zero attached hydrogens (tertiary/aromatic N) is 2. The smallest absolute Gasteiger partial charge is 0.414 e. The molecule has 9 nitrogen and oxygen atoms in total. The van der Waals surface area contributed by atoms with Crippen LogP contribution in [0.25, 0.3) is 0 Å². The summed E-state index contributed by atoms with van der Waals surface area (Å²) in [6, 6.07) is 17.7. The number of piperazine rings is 1. The summed E-state index contributed by atoms with van der Waals surface area (Å²) in [4.78, 5) is 34.8. The summed E-state index contributed by atoms with van der Waals surface area (Å²) in [7, 11) is 0. The first-order valence-electron chi connectivity index (χ1n) is 10.2. The van der Waals surface area contributed by atoms with E-state index in [4.69, 9.17) is 29.3 Å². The quantitative estimate of drug-likeness (QED) is 0.623. The molecule has 2 N–H and O–H groups in total. The first kappa shape index (κ1) is 24.7. The zero-order valence-corrected chi connectivity index (χ0v) is 18.0. The van der Waals surface area contributed by atoms with Gasteiger partial charge in [-0.2, -0.15) is 0 Å². The van der Waals surface area contributed by atoms with Gasteiger partial charge in [0.15, 0.2) is 6.61 Å². The number of ether oxygens (including phenoxy) is 2. The number of para-hydroxylation sites is 1. The molecule has 0 radical (unpaired) electrons. The van der Waals surface area contributed by atoms with E-state index in [0.717, 1.165) is 44.2 Å². The van der Waals surface area contributed by atoms with Crippen LogP contribution in [0.5, 0.6) is 11.5 Å². The molecule has 1 saturated heterocycles. The molecule has 0 atom stereocenters. The van der Waals surface area contributed by atoms with Crippen LogP contribution in [0.3, 0.4) is 0 Å². The fraction of sp³-hybridized carbons (Fsp3) is 0.348. The van der Waals surface area contributed by atoms with E-state index < -0.39 is 11.9 Å². The van der Waals surface area contributed by atoms with Crippen molar-refractivity contribution < 1.29 is 34.1 Å². The van der Waals surface area contributed by atoms with Crippen molar-refractivity contribution in [2.45, 2.75) is 13.5 Å². The third-order valence-electron chi connectivity index (χ3n) is 4.65. The first-order valence-corrected chi connectivity index (χ1v) is 10.2. The van der Waals surface area contributed by atoms with Gasteiger partial charge >= 0.3 is 11.9 Å². The molecular formula is C23H28N2O7. The highest BCUT2D eigenvalue weighted by Crippen LogP contribution is 2.15. The zero-order valence-electron chi connectivity index (χ0n) is 18.0. The maximum atomic E-state index is 12.3. The summed E-state index contributed by atoms with van der Waals surface area (Å²) < 4.78 is 11.0. The average Bonchev–Trinajstić information content (AvgIpc) is 2.80. The lowest BCUT2D eigenvalue weighted by Crippen LogP contribution is -2.49. The lowest BCUT2D eigenvalue weighted by Gasteiger charge is -2.34. The van der Waals surface area contributed by atoms with Gasteiger partial charge < -0.3 is 24.6 Å². The summed E-state index contributed by atoms with van der Waals surface area (Å²) in [5.74, 6) is -1.96. The number of amides is 1. The average molecular weight is 444 g/mol. The summed E-state index contributed by atoms with van der Waals surface area (Å²) in [6.45, 7) is 6.91. The normalized spacial score (nSPS) is 13.5. The third kappa shape index (κ3) is 8.65. The topological polar surface area (TPSA) is 117 Å². The number of carboxylic acid groups (broad SMARTS) is 2. The lowest BCUT2D eigenvalue weighted by molar-refractivity contribution is -0.159. The molecule has 1 fully saturated rings. The predicted octanol–water partition coefficient (Wildman–Crippen LogP) is 1.96. The molecule has 2 aromatic rings. The van der Waals surface area contributed by atoms with Crippen LogP contribution in [-0.2, 0) is 20.9 Å². The molecule has 0 unspecified atom stereocenters. The Hall–Kier alpha value is -3.59. The second kappa shape index (κ2) is 13.0. The number of carbonyl (C=O) groups is 3. The van der Waals surface area contributed by atoms with Crippen molar-refractivity contribution in [1.82, 2.24) is 9.80 Å². The van der Waals surface area contributed by atoms with Crippen LogP contribution in [-0.4, -0.2) is 77.3 Å². The van der Waals surface area contributed by atoms with Crippen molar-refractivity contribution in [2.24, 2.45) is 0 Å². The first-order chi connectivity index (χ1) is 15.4. The minimum atomic E-state index is -1.82. The van der Waals surface area contributed by atoms with Gasteiger partial charge in [-0.1, -0.05) is 30.3 Å². The van der Waals surface area contributed by atoms with Crippen LogP contribution in [0.2, 0.25) is 0 Å². The second-order valence-corrected chi connectivity index (χ2v) is 6.95. The largest absolute Gasteiger partial charge is 0.494 e. The summed E-state index contributed by atoms with van der Waals surface area (Å²) in [5.41, 5.74) is 1.26. The Morgan fingerprint density at radius 1 is 0.812 bits per heavy atom. The number of rotatable bonds is 7. The maximum absolute atomic E-state index is 12.3. The van der Waals surface area contributed by atoms with E-state index in [-0.39, 0.29) is 12.5 Å². The summed E-state index contributed by atoms with van der Waals surface area (Å²) in [6.07, 6.45) is 0. The molecule has 1 heterocycles. The zero-order chi connectivity index (χ0) is 23.3. The van der Waals surface area contributed by atoms with Crippen molar-refractivity contribution in [3.63, 3.8) is 0 Å². The second-order valence-electron chi connectivity index (χ2n) is 6.95. The van der Waals surface area contributed by atoms with Gasteiger partial charge in [0.2, 0.25) is 0 Å². The lowest BCUT2D eigenvalue weighted by atomic mass is 10.2. The molecule has 0 aromatic heterocycles. The van der Waals surface area contributed by atoms with E-state index in [1.165, 1.54) is 5.56 Å². The molecule has 0 saturated carbocycles. The Kier molecular flexibility index (Phi) is 9.99.